The van der Waals surface area contributed by atoms with Crippen molar-refractivity contribution in [1.29, 1.82) is 0 Å². The van der Waals surface area contributed by atoms with Crippen molar-refractivity contribution < 1.29 is 23.1 Å². The van der Waals surface area contributed by atoms with Gasteiger partial charge in [0.05, 0.1) is 10.9 Å². The molecular formula is C12H18N2O5S2. The minimum Gasteiger partial charge on any atom is -0.477 e. The van der Waals surface area contributed by atoms with E-state index in [2.05, 4.69) is 10.0 Å². The topological polar surface area (TPSA) is 113 Å². The van der Waals surface area contributed by atoms with Crippen molar-refractivity contribution in [2.24, 2.45) is 0 Å². The summed E-state index contributed by atoms with van der Waals surface area (Å²) in [4.78, 5) is 22.4. The van der Waals surface area contributed by atoms with Gasteiger partial charge in [-0.25, -0.2) is 13.2 Å². The number of carboxylic acids is 1. The predicted octanol–water partition coefficient (Wildman–Crippen LogP) is 1.03. The number of thiophene rings is 1. The van der Waals surface area contributed by atoms with Crippen LogP contribution in [0.25, 0.3) is 0 Å². The average molecular weight is 334 g/mol. The normalized spacial score (nSPS) is 13.7. The molecule has 0 aliphatic rings. The molecule has 1 unspecified atom stereocenters. The first-order valence-electron chi connectivity index (χ1n) is 6.08. The first-order chi connectivity index (χ1) is 9.42. The molecule has 0 aliphatic carbocycles. The minimum atomic E-state index is -3.94. The molecule has 1 atom stereocenters. The molecule has 0 radical (unpaired) electrons. The number of carboxylic acid groups (broad SMARTS) is 1. The lowest BCUT2D eigenvalue weighted by Gasteiger charge is -2.23. The lowest BCUT2D eigenvalue weighted by molar-refractivity contribution is -0.123. The maximum absolute atomic E-state index is 12.1. The molecule has 118 valence electrons. The molecule has 0 aliphatic heterocycles. The predicted molar refractivity (Wildman–Crippen MR) is 79.0 cm³/mol. The van der Waals surface area contributed by atoms with Crippen molar-refractivity contribution in [2.75, 3.05) is 0 Å². The van der Waals surface area contributed by atoms with Gasteiger partial charge in [-0.3, -0.25) is 4.79 Å². The number of amides is 1. The van der Waals surface area contributed by atoms with Gasteiger partial charge >= 0.3 is 5.97 Å². The van der Waals surface area contributed by atoms with Gasteiger partial charge in [-0.05, 0) is 33.8 Å². The van der Waals surface area contributed by atoms with Gasteiger partial charge in [0.25, 0.3) is 0 Å². The van der Waals surface area contributed by atoms with Gasteiger partial charge in [0.15, 0.2) is 0 Å². The highest BCUT2D eigenvalue weighted by Gasteiger charge is 2.26. The number of nitrogens with one attached hydrogen (secondary N) is 2. The van der Waals surface area contributed by atoms with E-state index in [1.165, 1.54) is 12.3 Å². The molecule has 0 spiro atoms. The fraction of sp³-hybridized carbons (Fsp3) is 0.500. The van der Waals surface area contributed by atoms with Crippen LogP contribution in [0.5, 0.6) is 0 Å². The molecule has 0 fully saturated rings. The van der Waals surface area contributed by atoms with Gasteiger partial charge in [0.1, 0.15) is 4.88 Å². The van der Waals surface area contributed by atoms with Gasteiger partial charge in [0.2, 0.25) is 15.9 Å². The van der Waals surface area contributed by atoms with Crippen molar-refractivity contribution in [3.63, 3.8) is 0 Å². The van der Waals surface area contributed by atoms with Crippen LogP contribution in [0.1, 0.15) is 37.4 Å². The van der Waals surface area contributed by atoms with E-state index in [1.54, 1.807) is 20.8 Å². The van der Waals surface area contributed by atoms with E-state index >= 15 is 0 Å². The second kappa shape index (κ2) is 6.12. The van der Waals surface area contributed by atoms with Crippen LogP contribution >= 0.6 is 11.3 Å². The van der Waals surface area contributed by atoms with Crippen LogP contribution in [-0.4, -0.2) is 37.0 Å². The molecule has 1 amide bonds. The third-order valence-corrected chi connectivity index (χ3v) is 4.91. The van der Waals surface area contributed by atoms with Crippen LogP contribution in [0.3, 0.4) is 0 Å². The van der Waals surface area contributed by atoms with Crippen LogP contribution in [0.15, 0.2) is 16.3 Å². The second-order valence-electron chi connectivity index (χ2n) is 5.53. The first-order valence-corrected chi connectivity index (χ1v) is 8.45. The van der Waals surface area contributed by atoms with Crippen LogP contribution in [0.2, 0.25) is 0 Å². The number of hydrogen-bond acceptors (Lipinski definition) is 5. The highest BCUT2D eigenvalue weighted by molar-refractivity contribution is 7.89. The fourth-order valence-electron chi connectivity index (χ4n) is 1.40. The smallest absolute Gasteiger partial charge is 0.345 e. The number of carbonyl (C=O) groups is 2. The first kappa shape index (κ1) is 17.6. The maximum atomic E-state index is 12.1. The molecule has 7 nitrogen and oxygen atoms in total. The summed E-state index contributed by atoms with van der Waals surface area (Å²) in [5.74, 6) is -1.65. The van der Waals surface area contributed by atoms with E-state index in [9.17, 15) is 18.0 Å². The van der Waals surface area contributed by atoms with E-state index < -0.39 is 33.5 Å². The summed E-state index contributed by atoms with van der Waals surface area (Å²) in [5, 5.41) is 12.7. The van der Waals surface area contributed by atoms with Crippen LogP contribution in [-0.2, 0) is 14.8 Å². The van der Waals surface area contributed by atoms with E-state index in [1.807, 2.05) is 0 Å². The zero-order valence-electron chi connectivity index (χ0n) is 12.1. The average Bonchev–Trinajstić information content (AvgIpc) is 2.75. The van der Waals surface area contributed by atoms with Gasteiger partial charge in [-0.15, -0.1) is 11.3 Å². The zero-order chi connectivity index (χ0) is 16.4. The van der Waals surface area contributed by atoms with Crippen LogP contribution in [0.4, 0.5) is 0 Å². The summed E-state index contributed by atoms with van der Waals surface area (Å²) in [7, 11) is -3.94. The molecule has 9 heteroatoms. The zero-order valence-corrected chi connectivity index (χ0v) is 13.8. The number of sulfonamides is 1. The molecule has 0 aromatic carbocycles. The number of carbonyl (C=O) groups excluding carboxylic acids is 1. The van der Waals surface area contributed by atoms with E-state index in [-0.39, 0.29) is 9.77 Å². The van der Waals surface area contributed by atoms with Gasteiger partial charge in [-0.2, -0.15) is 4.72 Å². The third kappa shape index (κ3) is 5.10. The van der Waals surface area contributed by atoms with E-state index in [0.29, 0.717) is 0 Å². The Kier molecular flexibility index (Phi) is 5.13. The number of aromatic carboxylic acids is 1. The van der Waals surface area contributed by atoms with Gasteiger partial charge in [0, 0.05) is 10.9 Å². The molecule has 1 rings (SSSR count). The van der Waals surface area contributed by atoms with Gasteiger partial charge in [-0.1, -0.05) is 0 Å². The lowest BCUT2D eigenvalue weighted by Crippen LogP contribution is -2.50. The van der Waals surface area contributed by atoms with Crippen molar-refractivity contribution in [1.82, 2.24) is 10.0 Å². The summed E-state index contributed by atoms with van der Waals surface area (Å²) < 4.78 is 26.4. The molecule has 0 saturated heterocycles. The molecular weight excluding hydrogens is 316 g/mol. The Bertz CT molecular complexity index is 643. The summed E-state index contributed by atoms with van der Waals surface area (Å²) in [5.41, 5.74) is -0.477. The molecule has 1 aromatic heterocycles. The summed E-state index contributed by atoms with van der Waals surface area (Å²) in [6.07, 6.45) is 0. The van der Waals surface area contributed by atoms with Crippen molar-refractivity contribution in [3.8, 4) is 0 Å². The highest BCUT2D eigenvalue weighted by atomic mass is 32.2. The van der Waals surface area contributed by atoms with Gasteiger partial charge < -0.3 is 10.4 Å². The van der Waals surface area contributed by atoms with Crippen LogP contribution < -0.4 is 10.0 Å². The minimum absolute atomic E-state index is 0.0813. The Morgan fingerprint density at radius 3 is 2.33 bits per heavy atom. The number of hydrogen-bond donors (Lipinski definition) is 3. The molecule has 0 saturated carbocycles. The SMILES string of the molecule is CC(NS(=O)(=O)c1csc(C(=O)O)c1)C(=O)NC(C)(C)C. The van der Waals surface area contributed by atoms with E-state index in [4.69, 9.17) is 5.11 Å². The Hall–Kier alpha value is -1.45. The number of rotatable bonds is 5. The lowest BCUT2D eigenvalue weighted by atomic mass is 10.1. The molecule has 3 N–H and O–H groups in total. The fourth-order valence-corrected chi connectivity index (χ4v) is 3.72. The third-order valence-electron chi connectivity index (χ3n) is 2.32. The molecule has 1 aromatic rings. The Balaban J connectivity index is 2.84. The van der Waals surface area contributed by atoms with Crippen molar-refractivity contribution >= 4 is 33.2 Å². The monoisotopic (exact) mass is 334 g/mol. The summed E-state index contributed by atoms with van der Waals surface area (Å²) in [6, 6.07) is 0.0892. The summed E-state index contributed by atoms with van der Waals surface area (Å²) >= 11 is 0.811. The van der Waals surface area contributed by atoms with E-state index in [0.717, 1.165) is 17.4 Å². The van der Waals surface area contributed by atoms with Crippen LogP contribution in [0, 0.1) is 0 Å². The largest absolute Gasteiger partial charge is 0.477 e. The standard InChI is InChI=1S/C12H18N2O5S2/c1-7(10(15)13-12(2,3)4)14-21(18,19)8-5-9(11(16)17)20-6-8/h5-7,14H,1-4H3,(H,13,15)(H,16,17). The van der Waals surface area contributed by atoms with Crippen molar-refractivity contribution in [2.45, 2.75) is 44.2 Å². The summed E-state index contributed by atoms with van der Waals surface area (Å²) in [6.45, 7) is 6.77. The maximum Gasteiger partial charge on any atom is 0.345 e. The van der Waals surface area contributed by atoms with Crippen molar-refractivity contribution in [3.05, 3.63) is 16.3 Å². The molecule has 1 heterocycles. The molecule has 0 bridgehead atoms. The highest BCUT2D eigenvalue weighted by Crippen LogP contribution is 2.19. The molecule has 21 heavy (non-hydrogen) atoms. The Morgan fingerprint density at radius 2 is 1.90 bits per heavy atom. The Morgan fingerprint density at radius 1 is 1.33 bits per heavy atom. The quantitative estimate of drug-likeness (QED) is 0.744. The second-order valence-corrected chi connectivity index (χ2v) is 8.16. The Labute approximate surface area is 127 Å².